The van der Waals surface area contributed by atoms with Gasteiger partial charge in [-0.15, -0.1) is 0 Å². The second-order valence-electron chi connectivity index (χ2n) is 6.83. The van der Waals surface area contributed by atoms with Gasteiger partial charge in [-0.05, 0) is 38.9 Å². The molecule has 1 amide bonds. The highest BCUT2D eigenvalue weighted by Gasteiger charge is 2.29. The minimum atomic E-state index is -2.67. The van der Waals surface area contributed by atoms with Gasteiger partial charge >= 0.3 is 0 Å². The van der Waals surface area contributed by atoms with Gasteiger partial charge in [0.05, 0.1) is 6.20 Å². The predicted octanol–water partition coefficient (Wildman–Crippen LogP) is 3.00. The van der Waals surface area contributed by atoms with Gasteiger partial charge in [-0.1, -0.05) is 13.8 Å². The summed E-state index contributed by atoms with van der Waals surface area (Å²) < 4.78 is 27.9. The second kappa shape index (κ2) is 7.65. The quantitative estimate of drug-likeness (QED) is 0.781. The number of amides is 1. The fraction of sp³-hybridized carbons (Fsp3) is 0.611. The zero-order chi connectivity index (χ0) is 18.8. The molecule has 2 aromatic rings. The first-order valence-corrected chi connectivity index (χ1v) is 9.14. The van der Waals surface area contributed by atoms with Crippen molar-refractivity contribution in [1.29, 1.82) is 0 Å². The van der Waals surface area contributed by atoms with Crippen LogP contribution in [0.1, 0.15) is 67.7 Å². The van der Waals surface area contributed by atoms with Crippen molar-refractivity contribution in [1.82, 2.24) is 24.8 Å². The van der Waals surface area contributed by atoms with Gasteiger partial charge in [0, 0.05) is 24.2 Å². The van der Waals surface area contributed by atoms with Crippen LogP contribution in [-0.2, 0) is 0 Å². The highest BCUT2D eigenvalue weighted by Crippen LogP contribution is 2.40. The lowest BCUT2D eigenvalue weighted by atomic mass is 10.2. The summed E-state index contributed by atoms with van der Waals surface area (Å²) in [5, 5.41) is 6.91. The number of hydrogen-bond donors (Lipinski definition) is 1. The molecule has 0 spiro atoms. The molecule has 1 N–H and O–H groups in total. The van der Waals surface area contributed by atoms with Crippen molar-refractivity contribution in [3.8, 4) is 0 Å². The third-order valence-electron chi connectivity index (χ3n) is 4.79. The predicted molar refractivity (Wildman–Crippen MR) is 94.6 cm³/mol. The fourth-order valence-electron chi connectivity index (χ4n) is 3.13. The van der Waals surface area contributed by atoms with E-state index in [1.807, 2.05) is 6.92 Å². The molecule has 0 aromatic carbocycles. The number of hydrogen-bond acceptors (Lipinski definition) is 4. The summed E-state index contributed by atoms with van der Waals surface area (Å²) in [6.45, 7) is 8.59. The van der Waals surface area contributed by atoms with Crippen LogP contribution in [0.5, 0.6) is 0 Å². The Kier molecular flexibility index (Phi) is 5.50. The number of rotatable bonds is 8. The molecule has 6 nitrogen and oxygen atoms in total. The van der Waals surface area contributed by atoms with Crippen LogP contribution in [-0.4, -0.2) is 51.1 Å². The summed E-state index contributed by atoms with van der Waals surface area (Å²) in [5.41, 5.74) is 0.851. The van der Waals surface area contributed by atoms with Gasteiger partial charge in [0.2, 0.25) is 0 Å². The number of nitrogens with one attached hydrogen (secondary N) is 1. The number of aromatic nitrogens is 3. The Labute approximate surface area is 151 Å². The SMILES string of the molecule is CCN(CC)CC(C)NC(=O)c1cnn2c(C(F)F)cc(C3CC3)nc12. The van der Waals surface area contributed by atoms with Gasteiger partial charge < -0.3 is 10.2 Å². The van der Waals surface area contributed by atoms with Crippen molar-refractivity contribution in [2.45, 2.75) is 52.0 Å². The molecule has 0 aliphatic heterocycles. The Morgan fingerprint density at radius 3 is 2.65 bits per heavy atom. The van der Waals surface area contributed by atoms with E-state index in [0.29, 0.717) is 5.69 Å². The highest BCUT2D eigenvalue weighted by molar-refractivity contribution is 5.99. The number of carbonyl (C=O) groups is 1. The van der Waals surface area contributed by atoms with Crippen LogP contribution >= 0.6 is 0 Å². The smallest absolute Gasteiger partial charge is 0.280 e. The third-order valence-corrected chi connectivity index (χ3v) is 4.79. The summed E-state index contributed by atoms with van der Waals surface area (Å²) in [7, 11) is 0. The standard InChI is InChI=1S/C18H25F2N5O/c1-4-24(5-2)10-11(3)22-18(26)13-9-21-25-15(16(19)20)8-14(12-6-7-12)23-17(13)25/h8-9,11-12,16H,4-7,10H2,1-3H3,(H,22,26). The van der Waals surface area contributed by atoms with Crippen LogP contribution in [0.2, 0.25) is 0 Å². The highest BCUT2D eigenvalue weighted by atomic mass is 19.3. The lowest BCUT2D eigenvalue weighted by Gasteiger charge is -2.23. The molecule has 1 unspecified atom stereocenters. The summed E-state index contributed by atoms with van der Waals surface area (Å²) >= 11 is 0. The topological polar surface area (TPSA) is 62.5 Å². The van der Waals surface area contributed by atoms with Crippen LogP contribution in [0, 0.1) is 0 Å². The summed E-state index contributed by atoms with van der Waals surface area (Å²) in [6.07, 6.45) is 0.547. The summed E-state index contributed by atoms with van der Waals surface area (Å²) in [4.78, 5) is 19.3. The molecule has 0 saturated heterocycles. The zero-order valence-corrected chi connectivity index (χ0v) is 15.4. The fourth-order valence-corrected chi connectivity index (χ4v) is 3.13. The van der Waals surface area contributed by atoms with Crippen molar-refractivity contribution in [3.63, 3.8) is 0 Å². The van der Waals surface area contributed by atoms with E-state index in [9.17, 15) is 13.6 Å². The first kappa shape index (κ1) is 18.7. The number of carbonyl (C=O) groups excluding carboxylic acids is 1. The van der Waals surface area contributed by atoms with E-state index in [-0.39, 0.29) is 34.8 Å². The van der Waals surface area contributed by atoms with Crippen molar-refractivity contribution in [2.75, 3.05) is 19.6 Å². The van der Waals surface area contributed by atoms with E-state index in [1.54, 1.807) is 0 Å². The molecule has 2 aromatic heterocycles. The van der Waals surface area contributed by atoms with Crippen LogP contribution in [0.15, 0.2) is 12.3 Å². The molecule has 1 aliphatic carbocycles. The minimum absolute atomic E-state index is 0.0708. The number of nitrogens with zero attached hydrogens (tertiary/aromatic N) is 4. The first-order valence-electron chi connectivity index (χ1n) is 9.14. The molecule has 0 bridgehead atoms. The molecular weight excluding hydrogens is 340 g/mol. The average molecular weight is 365 g/mol. The van der Waals surface area contributed by atoms with Crippen molar-refractivity contribution < 1.29 is 13.6 Å². The van der Waals surface area contributed by atoms with Gasteiger partial charge in [-0.3, -0.25) is 4.79 Å². The number of alkyl halides is 2. The monoisotopic (exact) mass is 365 g/mol. The van der Waals surface area contributed by atoms with Gasteiger partial charge in [-0.25, -0.2) is 18.3 Å². The molecule has 1 atom stereocenters. The van der Waals surface area contributed by atoms with Crippen LogP contribution in [0.3, 0.4) is 0 Å². The Bertz CT molecular complexity index is 783. The lowest BCUT2D eigenvalue weighted by Crippen LogP contribution is -2.41. The maximum atomic E-state index is 13.4. The third kappa shape index (κ3) is 3.85. The largest absolute Gasteiger partial charge is 0.348 e. The van der Waals surface area contributed by atoms with Crippen molar-refractivity contribution in [3.05, 3.63) is 29.2 Å². The van der Waals surface area contributed by atoms with Crippen LogP contribution in [0.25, 0.3) is 5.65 Å². The van der Waals surface area contributed by atoms with E-state index in [4.69, 9.17) is 0 Å². The van der Waals surface area contributed by atoms with E-state index in [2.05, 4.69) is 34.1 Å². The molecule has 2 heterocycles. The maximum absolute atomic E-state index is 13.4. The Balaban J connectivity index is 1.86. The molecule has 1 fully saturated rings. The normalized spacial score (nSPS) is 15.8. The molecule has 142 valence electrons. The van der Waals surface area contributed by atoms with E-state index in [0.717, 1.165) is 37.0 Å². The second-order valence-corrected chi connectivity index (χ2v) is 6.83. The van der Waals surface area contributed by atoms with E-state index < -0.39 is 6.43 Å². The summed E-state index contributed by atoms with van der Waals surface area (Å²) in [6, 6.07) is 1.34. The molecule has 26 heavy (non-hydrogen) atoms. The van der Waals surface area contributed by atoms with Gasteiger partial charge in [0.1, 0.15) is 11.3 Å². The van der Waals surface area contributed by atoms with E-state index in [1.165, 1.54) is 12.3 Å². The van der Waals surface area contributed by atoms with Gasteiger partial charge in [0.15, 0.2) is 5.65 Å². The Morgan fingerprint density at radius 1 is 1.38 bits per heavy atom. The number of likely N-dealkylation sites (N-methyl/N-ethyl adjacent to an activating group) is 1. The molecule has 8 heteroatoms. The van der Waals surface area contributed by atoms with Crippen LogP contribution < -0.4 is 5.32 Å². The van der Waals surface area contributed by atoms with Gasteiger partial charge in [0.25, 0.3) is 12.3 Å². The minimum Gasteiger partial charge on any atom is -0.348 e. The lowest BCUT2D eigenvalue weighted by molar-refractivity contribution is 0.0931. The molecule has 1 aliphatic rings. The van der Waals surface area contributed by atoms with Gasteiger partial charge in [-0.2, -0.15) is 5.10 Å². The molecule has 3 rings (SSSR count). The maximum Gasteiger partial charge on any atom is 0.280 e. The first-order chi connectivity index (χ1) is 12.4. The number of halogens is 2. The Morgan fingerprint density at radius 2 is 2.08 bits per heavy atom. The van der Waals surface area contributed by atoms with Crippen molar-refractivity contribution in [2.24, 2.45) is 0 Å². The molecule has 0 radical (unpaired) electrons. The summed E-state index contributed by atoms with van der Waals surface area (Å²) in [5.74, 6) is -0.120. The number of fused-ring (bicyclic) bond motifs is 1. The van der Waals surface area contributed by atoms with Crippen LogP contribution in [0.4, 0.5) is 8.78 Å². The zero-order valence-electron chi connectivity index (χ0n) is 15.4. The van der Waals surface area contributed by atoms with Crippen molar-refractivity contribution >= 4 is 11.6 Å². The molecule has 1 saturated carbocycles. The average Bonchev–Trinajstić information content (AvgIpc) is 3.37. The van der Waals surface area contributed by atoms with E-state index >= 15 is 0 Å². The molecular formula is C18H25F2N5O. The Hall–Kier alpha value is -2.09.